The Morgan fingerprint density at radius 1 is 1.14 bits per heavy atom. The summed E-state index contributed by atoms with van der Waals surface area (Å²) in [5.74, 6) is 0.176. The lowest BCUT2D eigenvalue weighted by molar-refractivity contribution is -0.132. The van der Waals surface area contributed by atoms with Gasteiger partial charge in [0.1, 0.15) is 0 Å². The molecule has 1 N–H and O–H groups in total. The van der Waals surface area contributed by atoms with Crippen LogP contribution in [0.2, 0.25) is 0 Å². The van der Waals surface area contributed by atoms with Gasteiger partial charge in [0.2, 0.25) is 11.8 Å². The Hall–Kier alpha value is -1.84. The summed E-state index contributed by atoms with van der Waals surface area (Å²) in [6.45, 7) is 6.33. The van der Waals surface area contributed by atoms with Crippen LogP contribution in [-0.2, 0) is 9.59 Å². The van der Waals surface area contributed by atoms with Crippen LogP contribution in [0.25, 0.3) is 0 Å². The lowest BCUT2D eigenvalue weighted by Gasteiger charge is -2.25. The molecule has 122 valence electrons. The number of hydrogen-bond donors (Lipinski definition) is 1. The van der Waals surface area contributed by atoms with Crippen LogP contribution in [0.5, 0.6) is 0 Å². The SMILES string of the molecule is CC(=O)NCCCCCC(=O)N(C)C(C)c1ccc(C)cc1. The molecule has 0 aliphatic carbocycles. The van der Waals surface area contributed by atoms with Crippen molar-refractivity contribution >= 4 is 11.8 Å². The minimum atomic E-state index is 0.00253. The van der Waals surface area contributed by atoms with Gasteiger partial charge in [0, 0.05) is 26.9 Å². The highest BCUT2D eigenvalue weighted by Gasteiger charge is 2.16. The molecule has 1 aromatic rings. The van der Waals surface area contributed by atoms with E-state index in [1.807, 2.05) is 11.9 Å². The topological polar surface area (TPSA) is 49.4 Å². The highest BCUT2D eigenvalue weighted by atomic mass is 16.2. The van der Waals surface area contributed by atoms with Crippen molar-refractivity contribution in [3.63, 3.8) is 0 Å². The summed E-state index contributed by atoms with van der Waals surface area (Å²) in [4.78, 5) is 24.8. The fourth-order valence-electron chi connectivity index (χ4n) is 2.30. The van der Waals surface area contributed by atoms with Gasteiger partial charge in [0.15, 0.2) is 0 Å². The van der Waals surface area contributed by atoms with Crippen molar-refractivity contribution in [2.24, 2.45) is 0 Å². The van der Waals surface area contributed by atoms with Gasteiger partial charge in [0.25, 0.3) is 0 Å². The van der Waals surface area contributed by atoms with Gasteiger partial charge >= 0.3 is 0 Å². The van der Waals surface area contributed by atoms with Crippen LogP contribution in [-0.4, -0.2) is 30.3 Å². The normalized spacial score (nSPS) is 11.8. The molecule has 0 aliphatic heterocycles. The molecule has 1 rings (SSSR count). The van der Waals surface area contributed by atoms with E-state index in [4.69, 9.17) is 0 Å². The first-order valence-corrected chi connectivity index (χ1v) is 7.98. The molecule has 0 bridgehead atoms. The second-order valence-electron chi connectivity index (χ2n) is 5.88. The van der Waals surface area contributed by atoms with E-state index in [0.717, 1.165) is 24.8 Å². The van der Waals surface area contributed by atoms with Crippen molar-refractivity contribution in [1.82, 2.24) is 10.2 Å². The van der Waals surface area contributed by atoms with Crippen molar-refractivity contribution < 1.29 is 9.59 Å². The third-order valence-electron chi connectivity index (χ3n) is 3.98. The molecule has 4 nitrogen and oxygen atoms in total. The van der Waals surface area contributed by atoms with Crippen LogP contribution >= 0.6 is 0 Å². The quantitative estimate of drug-likeness (QED) is 0.750. The first-order valence-electron chi connectivity index (χ1n) is 7.98. The molecule has 1 unspecified atom stereocenters. The molecule has 1 atom stereocenters. The molecule has 0 saturated carbocycles. The number of nitrogens with one attached hydrogen (secondary N) is 1. The van der Waals surface area contributed by atoms with Crippen LogP contribution < -0.4 is 5.32 Å². The summed E-state index contributed by atoms with van der Waals surface area (Å²) in [6, 6.07) is 8.40. The Bertz CT molecular complexity index is 482. The zero-order valence-electron chi connectivity index (χ0n) is 14.2. The van der Waals surface area contributed by atoms with E-state index in [0.29, 0.717) is 13.0 Å². The highest BCUT2D eigenvalue weighted by molar-refractivity contribution is 5.76. The molecule has 0 fully saturated rings. The van der Waals surface area contributed by atoms with Gasteiger partial charge in [-0.15, -0.1) is 0 Å². The number of rotatable bonds is 8. The molecule has 0 radical (unpaired) electrons. The maximum Gasteiger partial charge on any atom is 0.222 e. The fourth-order valence-corrected chi connectivity index (χ4v) is 2.30. The average molecular weight is 304 g/mol. The molecule has 0 heterocycles. The van der Waals surface area contributed by atoms with E-state index in [1.165, 1.54) is 12.5 Å². The number of amides is 2. The molecular formula is C18H28N2O2. The number of nitrogens with zero attached hydrogens (tertiary/aromatic N) is 1. The van der Waals surface area contributed by atoms with Crippen LogP contribution in [0.3, 0.4) is 0 Å². The molecule has 1 aromatic carbocycles. The number of aryl methyl sites for hydroxylation is 1. The van der Waals surface area contributed by atoms with E-state index in [2.05, 4.69) is 43.4 Å². The predicted octanol–water partition coefficient (Wildman–Crippen LogP) is 3.21. The summed E-state index contributed by atoms with van der Waals surface area (Å²) < 4.78 is 0. The smallest absolute Gasteiger partial charge is 0.222 e. The zero-order chi connectivity index (χ0) is 16.5. The Kier molecular flexibility index (Phi) is 7.64. The molecule has 4 heteroatoms. The van der Waals surface area contributed by atoms with E-state index in [9.17, 15) is 9.59 Å². The van der Waals surface area contributed by atoms with Gasteiger partial charge in [-0.25, -0.2) is 0 Å². The summed E-state index contributed by atoms with van der Waals surface area (Å²) in [7, 11) is 1.87. The number of benzene rings is 1. The van der Waals surface area contributed by atoms with Crippen LogP contribution in [0.15, 0.2) is 24.3 Å². The van der Waals surface area contributed by atoms with Gasteiger partial charge in [-0.2, -0.15) is 0 Å². The van der Waals surface area contributed by atoms with Crippen molar-refractivity contribution in [3.05, 3.63) is 35.4 Å². The van der Waals surface area contributed by atoms with E-state index < -0.39 is 0 Å². The first kappa shape index (κ1) is 18.2. The van der Waals surface area contributed by atoms with Gasteiger partial charge < -0.3 is 10.2 Å². The third-order valence-corrected chi connectivity index (χ3v) is 3.98. The lowest BCUT2D eigenvalue weighted by atomic mass is 10.0. The minimum Gasteiger partial charge on any atom is -0.356 e. The van der Waals surface area contributed by atoms with E-state index in [-0.39, 0.29) is 17.9 Å². The molecule has 22 heavy (non-hydrogen) atoms. The van der Waals surface area contributed by atoms with E-state index in [1.54, 1.807) is 0 Å². The van der Waals surface area contributed by atoms with Crippen LogP contribution in [0.4, 0.5) is 0 Å². The highest BCUT2D eigenvalue weighted by Crippen LogP contribution is 2.20. The van der Waals surface area contributed by atoms with Crippen molar-refractivity contribution in [2.45, 2.75) is 52.5 Å². The van der Waals surface area contributed by atoms with Crippen molar-refractivity contribution in [1.29, 1.82) is 0 Å². The van der Waals surface area contributed by atoms with Gasteiger partial charge in [-0.3, -0.25) is 9.59 Å². The Labute approximate surface area is 133 Å². The first-order chi connectivity index (χ1) is 10.4. The monoisotopic (exact) mass is 304 g/mol. The minimum absolute atomic E-state index is 0.00253. The lowest BCUT2D eigenvalue weighted by Crippen LogP contribution is -2.29. The second kappa shape index (κ2) is 9.23. The molecule has 2 amide bonds. The summed E-state index contributed by atoms with van der Waals surface area (Å²) in [6.07, 6.45) is 3.30. The maximum absolute atomic E-state index is 12.2. The Morgan fingerprint density at radius 3 is 2.36 bits per heavy atom. The second-order valence-corrected chi connectivity index (χ2v) is 5.88. The standard InChI is InChI=1S/C18H28N2O2/c1-14-9-11-17(12-10-14)15(2)20(4)18(22)8-6-5-7-13-19-16(3)21/h9-12,15H,5-8,13H2,1-4H3,(H,19,21). The fraction of sp³-hybridized carbons (Fsp3) is 0.556. The Morgan fingerprint density at radius 2 is 1.77 bits per heavy atom. The van der Waals surface area contributed by atoms with Crippen molar-refractivity contribution in [2.75, 3.05) is 13.6 Å². The van der Waals surface area contributed by atoms with Gasteiger partial charge in [0.05, 0.1) is 6.04 Å². The average Bonchev–Trinajstić information content (AvgIpc) is 2.49. The van der Waals surface area contributed by atoms with Gasteiger partial charge in [-0.1, -0.05) is 36.2 Å². The summed E-state index contributed by atoms with van der Waals surface area (Å²) in [5.41, 5.74) is 2.39. The van der Waals surface area contributed by atoms with Crippen LogP contribution in [0, 0.1) is 6.92 Å². The summed E-state index contributed by atoms with van der Waals surface area (Å²) in [5, 5.41) is 2.77. The number of carbonyl (C=O) groups is 2. The maximum atomic E-state index is 12.2. The third kappa shape index (κ3) is 6.29. The number of unbranched alkanes of at least 4 members (excludes halogenated alkanes) is 2. The van der Waals surface area contributed by atoms with Crippen molar-refractivity contribution in [3.8, 4) is 0 Å². The largest absolute Gasteiger partial charge is 0.356 e. The van der Waals surface area contributed by atoms with Gasteiger partial charge in [-0.05, 0) is 32.3 Å². The predicted molar refractivity (Wildman–Crippen MR) is 89.5 cm³/mol. The number of hydrogen-bond acceptors (Lipinski definition) is 2. The molecule has 0 aliphatic rings. The Balaban J connectivity index is 2.32. The van der Waals surface area contributed by atoms with E-state index >= 15 is 0 Å². The molecule has 0 spiro atoms. The molecule has 0 saturated heterocycles. The van der Waals surface area contributed by atoms with Crippen LogP contribution in [0.1, 0.15) is 56.7 Å². The summed E-state index contributed by atoms with van der Waals surface area (Å²) >= 11 is 0. The zero-order valence-corrected chi connectivity index (χ0v) is 14.2. The molecular weight excluding hydrogens is 276 g/mol. The number of carbonyl (C=O) groups excluding carboxylic acids is 2. The molecule has 0 aromatic heterocycles.